The van der Waals surface area contributed by atoms with E-state index in [1.165, 1.54) is 0 Å². The molecule has 0 fully saturated rings. The van der Waals surface area contributed by atoms with Crippen LogP contribution in [0.4, 0.5) is 22.0 Å². The molecule has 2 aromatic carbocycles. The number of ether oxygens (including phenoxy) is 2. The predicted octanol–water partition coefficient (Wildman–Crippen LogP) is 4.26. The molecule has 2 atom stereocenters. The molecule has 1 N–H and O–H groups in total. The van der Waals surface area contributed by atoms with Crippen molar-refractivity contribution in [2.24, 2.45) is 5.92 Å². The van der Waals surface area contributed by atoms with Crippen molar-refractivity contribution in [1.82, 2.24) is 0 Å². The molecule has 0 saturated heterocycles. The van der Waals surface area contributed by atoms with E-state index in [0.717, 1.165) is 22.3 Å². The maximum absolute atomic E-state index is 13.6. The Morgan fingerprint density at radius 2 is 1.47 bits per heavy atom. The zero-order valence-corrected chi connectivity index (χ0v) is 18.2. The number of carbonyl (C=O) groups excluding carboxylic acids is 1. The Bertz CT molecular complexity index is 1150. The van der Waals surface area contributed by atoms with Crippen LogP contribution in [0.3, 0.4) is 0 Å². The molecule has 0 aromatic heterocycles. The maximum Gasteiger partial charge on any atom is 0.421 e. The summed E-state index contributed by atoms with van der Waals surface area (Å²) in [4.78, 5) is 12.0. The van der Waals surface area contributed by atoms with Gasteiger partial charge < -0.3 is 9.47 Å². The average molecular weight is 506 g/mol. The van der Waals surface area contributed by atoms with Crippen molar-refractivity contribution < 1.29 is 49.2 Å². The molecule has 184 valence electrons. The molecule has 0 aliphatic heterocycles. The van der Waals surface area contributed by atoms with Gasteiger partial charge >= 0.3 is 27.5 Å². The molecular formula is C22H19F5O6S. The van der Waals surface area contributed by atoms with Crippen LogP contribution in [-0.2, 0) is 24.4 Å². The molecule has 0 spiro atoms. The van der Waals surface area contributed by atoms with Gasteiger partial charge in [0.05, 0.1) is 6.61 Å². The summed E-state index contributed by atoms with van der Waals surface area (Å²) in [6.45, 7) is -1.78. The smallest absolute Gasteiger partial charge is 0.421 e. The second-order valence-corrected chi connectivity index (χ2v) is 9.73. The summed E-state index contributed by atoms with van der Waals surface area (Å²) in [5, 5.41) is -5.71. The largest absolute Gasteiger partial charge is 0.464 e. The molecule has 2 bridgehead atoms. The Balaban J connectivity index is 1.45. The zero-order chi connectivity index (χ0) is 24.9. The van der Waals surface area contributed by atoms with Crippen molar-refractivity contribution >= 4 is 16.1 Å². The Hall–Kier alpha value is -2.57. The van der Waals surface area contributed by atoms with Crippen molar-refractivity contribution in [3.05, 3.63) is 70.8 Å². The van der Waals surface area contributed by atoms with Crippen LogP contribution in [0, 0.1) is 5.92 Å². The summed E-state index contributed by atoms with van der Waals surface area (Å²) >= 11 is 0. The molecule has 3 aliphatic rings. The third kappa shape index (κ3) is 4.29. The van der Waals surface area contributed by atoms with Gasteiger partial charge in [0.15, 0.2) is 0 Å². The van der Waals surface area contributed by atoms with E-state index in [1.54, 1.807) is 0 Å². The van der Waals surface area contributed by atoms with Crippen LogP contribution in [0.1, 0.15) is 40.5 Å². The number of alkyl halides is 5. The summed E-state index contributed by atoms with van der Waals surface area (Å²) in [7, 11) is -6.46. The Labute approximate surface area is 191 Å². The summed E-state index contributed by atoms with van der Waals surface area (Å²) in [6.07, 6.45) is -9.51. The molecule has 5 rings (SSSR count). The second kappa shape index (κ2) is 8.58. The first-order valence-electron chi connectivity index (χ1n) is 10.2. The number of halogens is 5. The predicted molar refractivity (Wildman–Crippen MR) is 108 cm³/mol. The summed E-state index contributed by atoms with van der Waals surface area (Å²) in [5.74, 6) is -1.67. The number of hydrogen-bond donors (Lipinski definition) is 1. The molecule has 0 amide bonds. The fourth-order valence-corrected chi connectivity index (χ4v) is 5.31. The van der Waals surface area contributed by atoms with E-state index < -0.39 is 40.2 Å². The maximum atomic E-state index is 13.6. The fourth-order valence-electron chi connectivity index (χ4n) is 4.83. The van der Waals surface area contributed by atoms with E-state index in [9.17, 15) is 35.2 Å². The highest BCUT2D eigenvalue weighted by Gasteiger charge is 2.64. The molecule has 0 saturated carbocycles. The lowest BCUT2D eigenvalue weighted by molar-refractivity contribution is -0.264. The van der Waals surface area contributed by atoms with Crippen molar-refractivity contribution in [2.45, 2.75) is 35.8 Å². The number of esters is 1. The van der Waals surface area contributed by atoms with Gasteiger partial charge in [0.2, 0.25) is 6.10 Å². The number of rotatable bonds is 7. The Morgan fingerprint density at radius 1 is 0.971 bits per heavy atom. The van der Waals surface area contributed by atoms with E-state index in [1.807, 2.05) is 48.5 Å². The number of carbonyl (C=O) groups is 1. The lowest BCUT2D eigenvalue weighted by Crippen LogP contribution is -2.52. The molecule has 0 heterocycles. The molecular weight excluding hydrogens is 487 g/mol. The first-order valence-corrected chi connectivity index (χ1v) is 11.6. The molecule has 3 aliphatic carbocycles. The average Bonchev–Trinajstić information content (AvgIpc) is 2.76. The molecule has 2 aromatic rings. The second-order valence-electron chi connectivity index (χ2n) is 8.24. The third-order valence-electron chi connectivity index (χ3n) is 6.20. The summed E-state index contributed by atoms with van der Waals surface area (Å²) in [5.41, 5.74) is 4.41. The van der Waals surface area contributed by atoms with Gasteiger partial charge in [0.25, 0.3) is 0 Å². The first-order chi connectivity index (χ1) is 15.8. The summed E-state index contributed by atoms with van der Waals surface area (Å²) in [6, 6.07) is 15.6. The quantitative estimate of drug-likeness (QED) is 0.343. The van der Waals surface area contributed by atoms with Gasteiger partial charge in [-0.2, -0.15) is 30.4 Å². The normalized spacial score (nSPS) is 22.6. The van der Waals surface area contributed by atoms with Gasteiger partial charge in [-0.05, 0) is 28.7 Å². The van der Waals surface area contributed by atoms with Crippen molar-refractivity contribution in [3.63, 3.8) is 0 Å². The molecule has 0 radical (unpaired) electrons. The van der Waals surface area contributed by atoms with Crippen LogP contribution in [0.15, 0.2) is 48.5 Å². The van der Waals surface area contributed by atoms with Gasteiger partial charge in [0, 0.05) is 17.8 Å². The van der Waals surface area contributed by atoms with Gasteiger partial charge in [-0.3, -0.25) is 4.55 Å². The molecule has 12 heteroatoms. The lowest BCUT2D eigenvalue weighted by Gasteiger charge is -2.45. The van der Waals surface area contributed by atoms with Gasteiger partial charge in [-0.25, -0.2) is 4.79 Å². The van der Waals surface area contributed by atoms with Gasteiger partial charge in [0.1, 0.15) is 6.61 Å². The topological polar surface area (TPSA) is 89.9 Å². The molecule has 6 nitrogen and oxygen atoms in total. The van der Waals surface area contributed by atoms with Crippen molar-refractivity contribution in [2.75, 3.05) is 13.2 Å². The minimum absolute atomic E-state index is 0.0421. The standard InChI is InChI=1S/C22H19F5O6S/c23-21(24,25)20(22(26,27)34(29,30)31)33-11-18(28)32-10-12-9-17-13-5-1-3-7-15(13)19(12)16-8-4-2-6-14(16)17/h1-8,12,17,19-20H,9-11H2,(H,29,30,31). The van der Waals surface area contributed by atoms with E-state index in [2.05, 4.69) is 4.74 Å². The van der Waals surface area contributed by atoms with E-state index >= 15 is 0 Å². The number of hydrogen-bond acceptors (Lipinski definition) is 5. The Morgan fingerprint density at radius 3 is 1.94 bits per heavy atom. The highest BCUT2D eigenvalue weighted by atomic mass is 32.2. The van der Waals surface area contributed by atoms with Crippen LogP contribution in [0.25, 0.3) is 0 Å². The Kier molecular flexibility index (Phi) is 6.19. The number of fused-ring (bicyclic) bond motifs is 1. The van der Waals surface area contributed by atoms with Crippen LogP contribution in [0.5, 0.6) is 0 Å². The first kappa shape index (κ1) is 24.6. The zero-order valence-electron chi connectivity index (χ0n) is 17.3. The van der Waals surface area contributed by atoms with Crippen LogP contribution in [-0.4, -0.2) is 49.7 Å². The highest BCUT2D eigenvalue weighted by Crippen LogP contribution is 2.55. The lowest BCUT2D eigenvalue weighted by atomic mass is 9.59. The van der Waals surface area contributed by atoms with E-state index in [0.29, 0.717) is 6.42 Å². The highest BCUT2D eigenvalue weighted by molar-refractivity contribution is 7.86. The van der Waals surface area contributed by atoms with Crippen LogP contribution >= 0.6 is 0 Å². The van der Waals surface area contributed by atoms with Crippen LogP contribution in [0.2, 0.25) is 0 Å². The minimum atomic E-state index is -6.46. The van der Waals surface area contributed by atoms with Gasteiger partial charge in [-0.15, -0.1) is 0 Å². The van der Waals surface area contributed by atoms with Crippen molar-refractivity contribution in [1.29, 1.82) is 0 Å². The van der Waals surface area contributed by atoms with E-state index in [4.69, 9.17) is 9.29 Å². The minimum Gasteiger partial charge on any atom is -0.464 e. The van der Waals surface area contributed by atoms with Gasteiger partial charge in [-0.1, -0.05) is 48.5 Å². The van der Waals surface area contributed by atoms with Crippen molar-refractivity contribution in [3.8, 4) is 0 Å². The van der Waals surface area contributed by atoms with Crippen LogP contribution < -0.4 is 0 Å². The fraction of sp³-hybridized carbons (Fsp3) is 0.409. The molecule has 34 heavy (non-hydrogen) atoms. The number of benzene rings is 2. The summed E-state index contributed by atoms with van der Waals surface area (Å²) < 4.78 is 105. The molecule has 2 unspecified atom stereocenters. The monoisotopic (exact) mass is 506 g/mol. The third-order valence-corrected chi connectivity index (χ3v) is 7.10. The SMILES string of the molecule is O=C(COC(C(F)(F)F)C(F)(F)S(=O)(=O)O)OCC1CC2c3ccccc3C1c1ccccc12. The van der Waals surface area contributed by atoms with E-state index in [-0.39, 0.29) is 24.4 Å².